The van der Waals surface area contributed by atoms with Gasteiger partial charge in [0.05, 0.1) is 19.7 Å². The minimum atomic E-state index is -0.224. The highest BCUT2D eigenvalue weighted by Gasteiger charge is 2.52. The van der Waals surface area contributed by atoms with Gasteiger partial charge in [0.25, 0.3) is 0 Å². The summed E-state index contributed by atoms with van der Waals surface area (Å²) in [5, 5.41) is 17.6. The fourth-order valence-corrected chi connectivity index (χ4v) is 6.07. The predicted molar refractivity (Wildman–Crippen MR) is 123 cm³/mol. The molecule has 3 fully saturated rings. The number of nitrogens with zero attached hydrogens (tertiary/aromatic N) is 6. The third kappa shape index (κ3) is 4.27. The summed E-state index contributed by atoms with van der Waals surface area (Å²) in [5.74, 6) is 0.788. The van der Waals surface area contributed by atoms with Crippen LogP contribution in [-0.4, -0.2) is 69.7 Å². The standard InChI is InChI=1S/C23H27FN6O3S/c1-15-26-27-21(34-15)11-31-20-3-2-17(24)8-19(20)16-4-6-29(7-5-16)18-9-23(33-10-18)12-30(13-23)22-28-25-14-32-22/h2-3,8,14,16,18H,4-7,9-13H2,1H3/t18-/m0/s1. The van der Waals surface area contributed by atoms with E-state index < -0.39 is 0 Å². The molecule has 9 nitrogen and oxygen atoms in total. The molecule has 0 aliphatic carbocycles. The van der Waals surface area contributed by atoms with Crippen molar-refractivity contribution in [3.63, 3.8) is 0 Å². The van der Waals surface area contributed by atoms with Gasteiger partial charge in [-0.1, -0.05) is 16.4 Å². The zero-order valence-electron chi connectivity index (χ0n) is 19.0. The Bertz CT molecular complexity index is 1130. The van der Waals surface area contributed by atoms with Crippen molar-refractivity contribution < 1.29 is 18.3 Å². The van der Waals surface area contributed by atoms with Crippen molar-refractivity contribution in [2.45, 2.75) is 50.4 Å². The molecule has 0 saturated carbocycles. The fraction of sp³-hybridized carbons (Fsp3) is 0.565. The highest BCUT2D eigenvalue weighted by atomic mass is 32.1. The lowest BCUT2D eigenvalue weighted by Gasteiger charge is -2.46. The first-order valence-corrected chi connectivity index (χ1v) is 12.5. The number of aryl methyl sites for hydroxylation is 1. The van der Waals surface area contributed by atoms with Crippen LogP contribution >= 0.6 is 11.3 Å². The maximum Gasteiger partial charge on any atom is 0.318 e. The van der Waals surface area contributed by atoms with E-state index in [1.54, 1.807) is 12.1 Å². The summed E-state index contributed by atoms with van der Waals surface area (Å²) in [6.07, 6.45) is 4.30. The molecule has 0 bridgehead atoms. The zero-order valence-corrected chi connectivity index (χ0v) is 19.8. The Morgan fingerprint density at radius 3 is 2.79 bits per heavy atom. The van der Waals surface area contributed by atoms with Crippen molar-refractivity contribution in [3.8, 4) is 5.75 Å². The zero-order chi connectivity index (χ0) is 23.1. The van der Waals surface area contributed by atoms with Gasteiger partial charge in [-0.2, -0.15) is 0 Å². The molecule has 1 spiro atoms. The Labute approximate surface area is 200 Å². The fourth-order valence-electron chi connectivity index (χ4n) is 5.45. The number of benzene rings is 1. The van der Waals surface area contributed by atoms with Crippen molar-refractivity contribution in [2.75, 3.05) is 37.7 Å². The summed E-state index contributed by atoms with van der Waals surface area (Å²) in [7, 11) is 0. The van der Waals surface area contributed by atoms with E-state index in [1.807, 2.05) is 6.92 Å². The third-order valence-corrected chi connectivity index (χ3v) is 7.96. The van der Waals surface area contributed by atoms with E-state index in [2.05, 4.69) is 30.2 Å². The van der Waals surface area contributed by atoms with Gasteiger partial charge in [0, 0.05) is 11.6 Å². The van der Waals surface area contributed by atoms with Crippen molar-refractivity contribution in [1.82, 2.24) is 25.3 Å². The Hall–Kier alpha value is -2.63. The third-order valence-electron chi connectivity index (χ3n) is 7.14. The monoisotopic (exact) mass is 486 g/mol. The van der Waals surface area contributed by atoms with Crippen LogP contribution in [0.1, 0.15) is 40.8 Å². The number of halogens is 1. The molecule has 3 aliphatic heterocycles. The molecule has 0 radical (unpaired) electrons. The van der Waals surface area contributed by atoms with Gasteiger partial charge in [0.15, 0.2) is 5.01 Å². The van der Waals surface area contributed by atoms with E-state index in [0.29, 0.717) is 18.7 Å². The maximum atomic E-state index is 14.1. The van der Waals surface area contributed by atoms with E-state index in [1.165, 1.54) is 23.8 Å². The molecule has 1 atom stereocenters. The van der Waals surface area contributed by atoms with E-state index in [0.717, 1.165) is 73.4 Å². The van der Waals surface area contributed by atoms with Crippen LogP contribution in [0, 0.1) is 12.7 Å². The molecular weight excluding hydrogens is 459 g/mol. The van der Waals surface area contributed by atoms with Crippen LogP contribution in [0.2, 0.25) is 0 Å². The summed E-state index contributed by atoms with van der Waals surface area (Å²) < 4.78 is 31.7. The molecule has 2 aromatic heterocycles. The molecule has 0 unspecified atom stereocenters. The number of piperidine rings is 1. The van der Waals surface area contributed by atoms with E-state index in [-0.39, 0.29) is 17.3 Å². The second-order valence-electron chi connectivity index (χ2n) is 9.43. The van der Waals surface area contributed by atoms with E-state index in [9.17, 15) is 4.39 Å². The first-order valence-electron chi connectivity index (χ1n) is 11.7. The number of hydrogen-bond acceptors (Lipinski definition) is 10. The van der Waals surface area contributed by atoms with Gasteiger partial charge in [0.2, 0.25) is 6.39 Å². The molecule has 0 N–H and O–H groups in total. The van der Waals surface area contributed by atoms with Crippen LogP contribution in [0.4, 0.5) is 10.4 Å². The minimum absolute atomic E-state index is 0.109. The van der Waals surface area contributed by atoms with Crippen LogP contribution in [-0.2, 0) is 11.3 Å². The van der Waals surface area contributed by atoms with E-state index in [4.69, 9.17) is 13.9 Å². The van der Waals surface area contributed by atoms with Crippen LogP contribution < -0.4 is 9.64 Å². The Morgan fingerprint density at radius 1 is 1.21 bits per heavy atom. The molecular formula is C23H27FN6O3S. The first kappa shape index (κ1) is 21.9. The van der Waals surface area contributed by atoms with Gasteiger partial charge >= 0.3 is 6.01 Å². The van der Waals surface area contributed by atoms with Crippen LogP contribution in [0.15, 0.2) is 29.0 Å². The molecule has 180 valence electrons. The summed E-state index contributed by atoms with van der Waals surface area (Å²) in [6.45, 7) is 6.54. The van der Waals surface area contributed by atoms with Gasteiger partial charge in [-0.15, -0.1) is 15.3 Å². The SMILES string of the molecule is Cc1nnc(COc2ccc(F)cc2C2CCN([C@@H]3COC4(C3)CN(c3nnco3)C4)CC2)s1. The molecule has 34 heavy (non-hydrogen) atoms. The van der Waals surface area contributed by atoms with Crippen molar-refractivity contribution in [2.24, 2.45) is 0 Å². The van der Waals surface area contributed by atoms with Gasteiger partial charge < -0.3 is 18.8 Å². The quantitative estimate of drug-likeness (QED) is 0.521. The van der Waals surface area contributed by atoms with Gasteiger partial charge in [-0.25, -0.2) is 4.39 Å². The highest BCUT2D eigenvalue weighted by molar-refractivity contribution is 7.11. The number of anilines is 1. The van der Waals surface area contributed by atoms with Crippen LogP contribution in [0.5, 0.6) is 5.75 Å². The smallest absolute Gasteiger partial charge is 0.318 e. The minimum Gasteiger partial charge on any atom is -0.486 e. The average Bonchev–Trinajstić information content (AvgIpc) is 3.58. The molecule has 5 heterocycles. The van der Waals surface area contributed by atoms with E-state index >= 15 is 0 Å². The molecule has 1 aromatic carbocycles. The lowest BCUT2D eigenvalue weighted by Crippen LogP contribution is -2.62. The van der Waals surface area contributed by atoms with Crippen molar-refractivity contribution in [1.29, 1.82) is 0 Å². The number of likely N-dealkylation sites (tertiary alicyclic amines) is 1. The van der Waals surface area contributed by atoms with Crippen LogP contribution in [0.25, 0.3) is 0 Å². The summed E-state index contributed by atoms with van der Waals surface area (Å²) in [4.78, 5) is 4.60. The van der Waals surface area contributed by atoms with Gasteiger partial charge in [-0.05, 0) is 63.4 Å². The van der Waals surface area contributed by atoms with Crippen molar-refractivity contribution in [3.05, 3.63) is 46.0 Å². The summed E-state index contributed by atoms with van der Waals surface area (Å²) >= 11 is 1.52. The van der Waals surface area contributed by atoms with Crippen LogP contribution in [0.3, 0.4) is 0 Å². The van der Waals surface area contributed by atoms with Crippen molar-refractivity contribution >= 4 is 17.4 Å². The Morgan fingerprint density at radius 2 is 2.06 bits per heavy atom. The largest absolute Gasteiger partial charge is 0.486 e. The topological polar surface area (TPSA) is 89.6 Å². The Balaban J connectivity index is 1.05. The lowest BCUT2D eigenvalue weighted by molar-refractivity contribution is -0.0216. The number of ether oxygens (including phenoxy) is 2. The second kappa shape index (κ2) is 8.86. The molecule has 0 amide bonds. The molecule has 11 heteroatoms. The Kier molecular flexibility index (Phi) is 5.70. The molecule has 6 rings (SSSR count). The number of hydrogen-bond donors (Lipinski definition) is 0. The number of aromatic nitrogens is 4. The molecule has 3 saturated heterocycles. The van der Waals surface area contributed by atoms with Gasteiger partial charge in [0.1, 0.15) is 28.8 Å². The lowest BCUT2D eigenvalue weighted by atomic mass is 9.86. The van der Waals surface area contributed by atoms with Gasteiger partial charge in [-0.3, -0.25) is 4.90 Å². The molecule has 3 aromatic rings. The number of rotatable bonds is 6. The normalized spacial score (nSPS) is 22.9. The summed E-state index contributed by atoms with van der Waals surface area (Å²) in [5.41, 5.74) is 0.844. The average molecular weight is 487 g/mol. The highest BCUT2D eigenvalue weighted by Crippen LogP contribution is 2.41. The maximum absolute atomic E-state index is 14.1. The second-order valence-corrected chi connectivity index (χ2v) is 10.7. The first-order chi connectivity index (χ1) is 16.6. The predicted octanol–water partition coefficient (Wildman–Crippen LogP) is 3.17. The summed E-state index contributed by atoms with van der Waals surface area (Å²) in [6, 6.07) is 5.81. The molecule has 3 aliphatic rings.